The second kappa shape index (κ2) is 5.82. The molecule has 0 amide bonds. The first-order valence-electron chi connectivity index (χ1n) is 8.58. The van der Waals surface area contributed by atoms with E-state index in [1.54, 1.807) is 6.92 Å². The maximum Gasteiger partial charge on any atom is 0.338 e. The number of fused-ring (bicyclic) bond motifs is 3. The Bertz CT molecular complexity index is 835. The molecular formula is C18H18N2O6. The number of benzene rings is 1. The normalized spacial score (nSPS) is 27.4. The molecule has 0 bridgehead atoms. The minimum atomic E-state index is -0.960. The molecule has 3 atom stereocenters. The first kappa shape index (κ1) is 16.6. The second-order valence-electron chi connectivity index (χ2n) is 6.89. The third-order valence-electron chi connectivity index (χ3n) is 5.43. The Hall–Kier alpha value is -2.90. The number of hydrogen-bond acceptors (Lipinski definition) is 7. The summed E-state index contributed by atoms with van der Waals surface area (Å²) < 4.78 is 11.2. The predicted octanol–water partition coefficient (Wildman–Crippen LogP) is 2.19. The molecule has 8 heteroatoms. The van der Waals surface area contributed by atoms with Crippen LogP contribution in [-0.2, 0) is 14.3 Å². The fourth-order valence-corrected chi connectivity index (χ4v) is 4.21. The van der Waals surface area contributed by atoms with Gasteiger partial charge in [0.1, 0.15) is 6.10 Å². The third kappa shape index (κ3) is 2.44. The molecule has 136 valence electrons. The number of non-ortho nitro benzene ring substituents is 1. The summed E-state index contributed by atoms with van der Waals surface area (Å²) in [5.74, 6) is -1.10. The van der Waals surface area contributed by atoms with Crippen molar-refractivity contribution in [1.82, 2.24) is 4.90 Å². The zero-order chi connectivity index (χ0) is 18.5. The molecule has 0 N–H and O–H groups in total. The number of nitro groups is 1. The fourth-order valence-electron chi connectivity index (χ4n) is 4.21. The molecule has 0 spiro atoms. The molecule has 3 aliphatic rings. The lowest BCUT2D eigenvalue weighted by molar-refractivity contribution is -0.384. The van der Waals surface area contributed by atoms with Crippen LogP contribution in [0.15, 0.2) is 36.0 Å². The van der Waals surface area contributed by atoms with Gasteiger partial charge in [-0.15, -0.1) is 0 Å². The van der Waals surface area contributed by atoms with Crippen molar-refractivity contribution in [3.63, 3.8) is 0 Å². The highest BCUT2D eigenvalue weighted by Crippen LogP contribution is 2.49. The summed E-state index contributed by atoms with van der Waals surface area (Å²) in [5, 5.41) is 10.9. The molecule has 4 rings (SSSR count). The van der Waals surface area contributed by atoms with E-state index in [1.165, 1.54) is 30.3 Å². The minimum Gasteiger partial charge on any atom is -0.454 e. The number of ether oxygens (including phenoxy) is 2. The molecule has 26 heavy (non-hydrogen) atoms. The van der Waals surface area contributed by atoms with E-state index in [4.69, 9.17) is 9.47 Å². The number of carbonyl (C=O) groups excluding carboxylic acids is 2. The molecule has 0 saturated carbocycles. The maximum absolute atomic E-state index is 12.5. The summed E-state index contributed by atoms with van der Waals surface area (Å²) in [6.45, 7) is 2.56. The Morgan fingerprint density at radius 2 is 2.31 bits per heavy atom. The second-order valence-corrected chi connectivity index (χ2v) is 6.89. The largest absolute Gasteiger partial charge is 0.454 e. The quantitative estimate of drug-likeness (QED) is 0.462. The van der Waals surface area contributed by atoms with Crippen LogP contribution in [0.1, 0.15) is 36.5 Å². The van der Waals surface area contributed by atoms with Gasteiger partial charge in [-0.2, -0.15) is 0 Å². The summed E-state index contributed by atoms with van der Waals surface area (Å²) in [4.78, 5) is 36.9. The Balaban J connectivity index is 1.56. The first-order chi connectivity index (χ1) is 12.4. The number of nitrogens with zero attached hydrogens (tertiary/aromatic N) is 2. The van der Waals surface area contributed by atoms with Crippen molar-refractivity contribution in [3.8, 4) is 0 Å². The highest BCUT2D eigenvalue weighted by Gasteiger charge is 2.59. The molecule has 3 aliphatic heterocycles. The molecule has 1 aromatic rings. The molecule has 0 unspecified atom stereocenters. The Morgan fingerprint density at radius 1 is 1.50 bits per heavy atom. The standard InChI is InChI=1S/C18H18N2O6/c1-11(25-17(22)12-4-2-5-13(8-12)20(23)24)18-10-14-6-3-7-19(14)15(18)9-16(21)26-18/h2,4-5,8-9,11,14H,3,6-7,10H2,1H3/t11-,14-,18-/m1/s1. The van der Waals surface area contributed by atoms with Gasteiger partial charge in [-0.25, -0.2) is 9.59 Å². The van der Waals surface area contributed by atoms with E-state index in [0.29, 0.717) is 6.42 Å². The van der Waals surface area contributed by atoms with Gasteiger partial charge in [-0.1, -0.05) is 6.07 Å². The highest BCUT2D eigenvalue weighted by atomic mass is 16.6. The molecule has 1 aromatic carbocycles. The average Bonchev–Trinajstić information content (AvgIpc) is 3.25. The van der Waals surface area contributed by atoms with Gasteiger partial charge in [-0.3, -0.25) is 10.1 Å². The topological polar surface area (TPSA) is 99.0 Å². The number of nitro benzene ring substituents is 1. The van der Waals surface area contributed by atoms with E-state index in [1.807, 2.05) is 0 Å². The predicted molar refractivity (Wildman–Crippen MR) is 89.2 cm³/mol. The van der Waals surface area contributed by atoms with Crippen molar-refractivity contribution in [1.29, 1.82) is 0 Å². The van der Waals surface area contributed by atoms with E-state index in [0.717, 1.165) is 25.1 Å². The monoisotopic (exact) mass is 358 g/mol. The van der Waals surface area contributed by atoms with E-state index in [2.05, 4.69) is 4.90 Å². The Labute approximate surface area is 149 Å². The first-order valence-corrected chi connectivity index (χ1v) is 8.58. The van der Waals surface area contributed by atoms with Crippen molar-refractivity contribution >= 4 is 17.6 Å². The number of rotatable bonds is 4. The van der Waals surface area contributed by atoms with Crippen LogP contribution in [0, 0.1) is 10.1 Å². The van der Waals surface area contributed by atoms with Gasteiger partial charge in [0.15, 0.2) is 5.60 Å². The van der Waals surface area contributed by atoms with Crippen molar-refractivity contribution in [3.05, 3.63) is 51.7 Å². The zero-order valence-electron chi connectivity index (χ0n) is 14.2. The maximum atomic E-state index is 12.5. The van der Waals surface area contributed by atoms with Crippen LogP contribution in [0.25, 0.3) is 0 Å². The van der Waals surface area contributed by atoms with Crippen LogP contribution in [0.3, 0.4) is 0 Å². The number of esters is 2. The van der Waals surface area contributed by atoms with Crippen molar-refractivity contribution < 1.29 is 24.0 Å². The summed E-state index contributed by atoms with van der Waals surface area (Å²) >= 11 is 0. The van der Waals surface area contributed by atoms with Gasteiger partial charge in [-0.05, 0) is 25.8 Å². The molecule has 2 fully saturated rings. The molecule has 0 aliphatic carbocycles. The van der Waals surface area contributed by atoms with Crippen molar-refractivity contribution in [2.24, 2.45) is 0 Å². The fraction of sp³-hybridized carbons (Fsp3) is 0.444. The zero-order valence-corrected chi connectivity index (χ0v) is 14.2. The van der Waals surface area contributed by atoms with Gasteiger partial charge in [0.2, 0.25) is 0 Å². The lowest BCUT2D eigenvalue weighted by Gasteiger charge is -2.32. The molecule has 0 radical (unpaired) electrons. The molecule has 0 aromatic heterocycles. The van der Waals surface area contributed by atoms with Crippen LogP contribution in [0.4, 0.5) is 5.69 Å². The van der Waals surface area contributed by atoms with E-state index >= 15 is 0 Å². The average molecular weight is 358 g/mol. The Morgan fingerprint density at radius 3 is 3.08 bits per heavy atom. The summed E-state index contributed by atoms with van der Waals surface area (Å²) in [6.07, 6.45) is 3.46. The third-order valence-corrected chi connectivity index (χ3v) is 5.43. The smallest absolute Gasteiger partial charge is 0.338 e. The van der Waals surface area contributed by atoms with Crippen LogP contribution in [0.5, 0.6) is 0 Å². The minimum absolute atomic E-state index is 0.0933. The van der Waals surface area contributed by atoms with Crippen LogP contribution >= 0.6 is 0 Å². The SMILES string of the molecule is C[C@@H](OC(=O)c1cccc([N+](=O)[O-])c1)[C@]12C[C@H]3CCCN3C1=CC(=O)O2. The van der Waals surface area contributed by atoms with Crippen LogP contribution in [0.2, 0.25) is 0 Å². The lowest BCUT2D eigenvalue weighted by atomic mass is 9.90. The molecule has 2 saturated heterocycles. The van der Waals surface area contributed by atoms with Gasteiger partial charge in [0, 0.05) is 37.2 Å². The molecular weight excluding hydrogens is 340 g/mol. The summed E-state index contributed by atoms with van der Waals surface area (Å²) in [6, 6.07) is 5.67. The van der Waals surface area contributed by atoms with Gasteiger partial charge < -0.3 is 14.4 Å². The van der Waals surface area contributed by atoms with Crippen LogP contribution < -0.4 is 0 Å². The molecule has 8 nitrogen and oxygen atoms in total. The van der Waals surface area contributed by atoms with Gasteiger partial charge in [0.25, 0.3) is 5.69 Å². The van der Waals surface area contributed by atoms with E-state index in [9.17, 15) is 19.7 Å². The van der Waals surface area contributed by atoms with E-state index in [-0.39, 0.29) is 17.3 Å². The number of hydrogen-bond donors (Lipinski definition) is 0. The van der Waals surface area contributed by atoms with Gasteiger partial charge in [0.05, 0.1) is 16.2 Å². The lowest BCUT2D eigenvalue weighted by Crippen LogP contribution is -2.44. The summed E-state index contributed by atoms with van der Waals surface area (Å²) in [7, 11) is 0. The molecule has 3 heterocycles. The summed E-state index contributed by atoms with van der Waals surface area (Å²) in [5.41, 5.74) is -0.266. The number of carbonyl (C=O) groups is 2. The van der Waals surface area contributed by atoms with Crippen molar-refractivity contribution in [2.75, 3.05) is 6.54 Å². The van der Waals surface area contributed by atoms with Crippen molar-refractivity contribution in [2.45, 2.75) is 43.9 Å². The Kier molecular flexibility index (Phi) is 3.71. The van der Waals surface area contributed by atoms with Crippen LogP contribution in [-0.4, -0.2) is 46.1 Å². The van der Waals surface area contributed by atoms with Gasteiger partial charge >= 0.3 is 11.9 Å². The highest BCUT2D eigenvalue weighted by molar-refractivity contribution is 5.91. The van der Waals surface area contributed by atoms with E-state index < -0.39 is 28.6 Å².